The Bertz CT molecular complexity index is 811. The predicted molar refractivity (Wildman–Crippen MR) is 92.8 cm³/mol. The van der Waals surface area contributed by atoms with Crippen molar-refractivity contribution in [2.75, 3.05) is 11.9 Å². The molecule has 0 aliphatic heterocycles. The molecule has 0 unspecified atom stereocenters. The van der Waals surface area contributed by atoms with Crippen molar-refractivity contribution in [2.45, 2.75) is 26.4 Å². The van der Waals surface area contributed by atoms with Gasteiger partial charge in [0.2, 0.25) is 5.82 Å². The van der Waals surface area contributed by atoms with E-state index in [4.69, 9.17) is 0 Å². The van der Waals surface area contributed by atoms with Crippen molar-refractivity contribution in [1.29, 1.82) is 0 Å². The molecule has 9 nitrogen and oxygen atoms in total. The summed E-state index contributed by atoms with van der Waals surface area (Å²) in [6.07, 6.45) is 6.22. The van der Waals surface area contributed by atoms with Gasteiger partial charge in [-0.25, -0.2) is 9.78 Å². The van der Waals surface area contributed by atoms with Crippen molar-refractivity contribution in [1.82, 2.24) is 35.1 Å². The summed E-state index contributed by atoms with van der Waals surface area (Å²) in [4.78, 5) is 17.5. The van der Waals surface area contributed by atoms with Gasteiger partial charge in [-0.1, -0.05) is 12.1 Å². The number of nitrogens with zero attached hydrogens (tertiary/aromatic N) is 6. The maximum absolute atomic E-state index is 12.0. The molecule has 0 atom stereocenters. The van der Waals surface area contributed by atoms with E-state index in [1.807, 2.05) is 42.0 Å². The van der Waals surface area contributed by atoms with Crippen molar-refractivity contribution in [3.05, 3.63) is 43.0 Å². The molecule has 0 aliphatic carbocycles. The molecule has 0 spiro atoms. The van der Waals surface area contributed by atoms with Crippen LogP contribution < -0.4 is 10.6 Å². The minimum atomic E-state index is -0.243. The molecule has 2 N–H and O–H groups in total. The molecule has 130 valence electrons. The lowest BCUT2D eigenvalue weighted by molar-refractivity contribution is 0.252. The van der Waals surface area contributed by atoms with Crippen LogP contribution in [0.25, 0.3) is 11.4 Å². The molecule has 2 heterocycles. The van der Waals surface area contributed by atoms with Crippen LogP contribution in [0, 0.1) is 0 Å². The average Bonchev–Trinajstić information content (AvgIpc) is 3.30. The largest absolute Gasteiger partial charge is 0.338 e. The second-order valence-corrected chi connectivity index (χ2v) is 5.42. The molecule has 3 aromatic rings. The molecular formula is C16H20N8O. The van der Waals surface area contributed by atoms with Gasteiger partial charge in [0.25, 0.3) is 0 Å². The van der Waals surface area contributed by atoms with Gasteiger partial charge in [-0.2, -0.15) is 4.80 Å². The zero-order valence-electron chi connectivity index (χ0n) is 14.0. The van der Waals surface area contributed by atoms with Crippen molar-refractivity contribution in [2.24, 2.45) is 0 Å². The second-order valence-electron chi connectivity index (χ2n) is 5.42. The van der Waals surface area contributed by atoms with Crippen LogP contribution in [0.1, 0.15) is 13.3 Å². The van der Waals surface area contributed by atoms with Gasteiger partial charge in [0.1, 0.15) is 0 Å². The number of carbonyl (C=O) groups is 1. The van der Waals surface area contributed by atoms with Crippen molar-refractivity contribution >= 4 is 11.7 Å². The lowest BCUT2D eigenvalue weighted by Crippen LogP contribution is -2.30. The molecule has 0 radical (unpaired) electrons. The smallest absolute Gasteiger partial charge is 0.319 e. The predicted octanol–water partition coefficient (Wildman–Crippen LogP) is 1.77. The number of aryl methyl sites for hydroxylation is 2. The number of hydrogen-bond acceptors (Lipinski definition) is 5. The minimum absolute atomic E-state index is 0.243. The van der Waals surface area contributed by atoms with Crippen molar-refractivity contribution in [3.8, 4) is 11.4 Å². The van der Waals surface area contributed by atoms with Crippen LogP contribution in [-0.2, 0) is 13.1 Å². The first-order valence-corrected chi connectivity index (χ1v) is 8.13. The lowest BCUT2D eigenvalue weighted by atomic mass is 10.2. The molecule has 25 heavy (non-hydrogen) atoms. The summed E-state index contributed by atoms with van der Waals surface area (Å²) in [7, 11) is 0. The van der Waals surface area contributed by atoms with Crippen LogP contribution in [0.3, 0.4) is 0 Å². The Morgan fingerprint density at radius 3 is 3.00 bits per heavy atom. The number of nitrogens with one attached hydrogen (secondary N) is 2. The van der Waals surface area contributed by atoms with Crippen molar-refractivity contribution in [3.63, 3.8) is 0 Å². The maximum Gasteiger partial charge on any atom is 0.319 e. The molecule has 0 fully saturated rings. The van der Waals surface area contributed by atoms with Crippen LogP contribution in [-0.4, -0.2) is 42.3 Å². The summed E-state index contributed by atoms with van der Waals surface area (Å²) in [5.41, 5.74) is 1.48. The number of tetrazole rings is 1. The maximum atomic E-state index is 12.0. The number of carbonyl (C=O) groups excluding carboxylic acids is 1. The Labute approximate surface area is 145 Å². The van der Waals surface area contributed by atoms with E-state index >= 15 is 0 Å². The van der Waals surface area contributed by atoms with Gasteiger partial charge in [0, 0.05) is 36.7 Å². The van der Waals surface area contributed by atoms with E-state index in [-0.39, 0.29) is 6.03 Å². The Balaban J connectivity index is 1.50. The third-order valence-corrected chi connectivity index (χ3v) is 3.55. The molecule has 2 aromatic heterocycles. The second kappa shape index (κ2) is 8.04. The van der Waals surface area contributed by atoms with Gasteiger partial charge >= 0.3 is 6.03 Å². The first kappa shape index (κ1) is 16.6. The van der Waals surface area contributed by atoms with E-state index in [0.717, 1.165) is 18.5 Å². The molecule has 0 bridgehead atoms. The third kappa shape index (κ3) is 4.63. The molecule has 1 aromatic carbocycles. The van der Waals surface area contributed by atoms with Crippen LogP contribution in [0.5, 0.6) is 0 Å². The number of rotatable bonds is 7. The summed E-state index contributed by atoms with van der Waals surface area (Å²) in [6.45, 7) is 4.00. The molecule has 9 heteroatoms. The highest BCUT2D eigenvalue weighted by atomic mass is 16.2. The SMILES string of the molecule is CCn1nnc(-c2cccc(NC(=O)NCCCn3ccnc3)c2)n1. The van der Waals surface area contributed by atoms with Gasteiger partial charge in [0.05, 0.1) is 12.9 Å². The summed E-state index contributed by atoms with van der Waals surface area (Å²) < 4.78 is 1.97. The van der Waals surface area contributed by atoms with E-state index < -0.39 is 0 Å². The summed E-state index contributed by atoms with van der Waals surface area (Å²) >= 11 is 0. The van der Waals surface area contributed by atoms with E-state index in [1.165, 1.54) is 4.80 Å². The summed E-state index contributed by atoms with van der Waals surface area (Å²) in [6, 6.07) is 7.12. The Hall–Kier alpha value is -3.23. The minimum Gasteiger partial charge on any atom is -0.338 e. The fourth-order valence-electron chi connectivity index (χ4n) is 2.29. The average molecular weight is 340 g/mol. The van der Waals surface area contributed by atoms with Crippen molar-refractivity contribution < 1.29 is 4.79 Å². The Morgan fingerprint density at radius 2 is 2.24 bits per heavy atom. The van der Waals surface area contributed by atoms with Gasteiger partial charge in [-0.3, -0.25) is 0 Å². The number of anilines is 1. The highest BCUT2D eigenvalue weighted by Gasteiger charge is 2.07. The van der Waals surface area contributed by atoms with E-state index in [9.17, 15) is 4.79 Å². The first-order valence-electron chi connectivity index (χ1n) is 8.13. The zero-order valence-corrected chi connectivity index (χ0v) is 14.0. The van der Waals surface area contributed by atoms with Crippen LogP contribution in [0.2, 0.25) is 0 Å². The number of urea groups is 1. The number of hydrogen-bond donors (Lipinski definition) is 2. The molecular weight excluding hydrogens is 320 g/mol. The van der Waals surface area contributed by atoms with Gasteiger partial charge in [-0.05, 0) is 30.7 Å². The topological polar surface area (TPSA) is 103 Å². The zero-order chi connectivity index (χ0) is 17.5. The van der Waals surface area contributed by atoms with E-state index in [0.29, 0.717) is 24.6 Å². The monoisotopic (exact) mass is 340 g/mol. The first-order chi connectivity index (χ1) is 12.2. The third-order valence-electron chi connectivity index (χ3n) is 3.55. The van der Waals surface area contributed by atoms with Gasteiger partial charge < -0.3 is 15.2 Å². The van der Waals surface area contributed by atoms with E-state index in [2.05, 4.69) is 31.0 Å². The highest BCUT2D eigenvalue weighted by Crippen LogP contribution is 2.18. The van der Waals surface area contributed by atoms with Crippen LogP contribution >= 0.6 is 0 Å². The fourth-order valence-corrected chi connectivity index (χ4v) is 2.29. The fraction of sp³-hybridized carbons (Fsp3) is 0.312. The number of aromatic nitrogens is 6. The molecule has 2 amide bonds. The standard InChI is InChI=1S/C16H20N8O/c1-2-24-21-15(20-22-24)13-5-3-6-14(11-13)19-16(25)18-7-4-9-23-10-8-17-12-23/h3,5-6,8,10-12H,2,4,7,9H2,1H3,(H2,18,19,25). The number of benzene rings is 1. The van der Waals surface area contributed by atoms with E-state index in [1.54, 1.807) is 12.5 Å². The quantitative estimate of drug-likeness (QED) is 0.638. The Kier molecular flexibility index (Phi) is 5.35. The molecule has 0 aliphatic rings. The van der Waals surface area contributed by atoms with Crippen LogP contribution in [0.15, 0.2) is 43.0 Å². The normalized spacial score (nSPS) is 10.6. The highest BCUT2D eigenvalue weighted by molar-refractivity contribution is 5.89. The molecule has 0 saturated heterocycles. The number of imidazole rings is 1. The summed E-state index contributed by atoms with van der Waals surface area (Å²) in [5.74, 6) is 0.534. The number of amides is 2. The molecule has 3 rings (SSSR count). The lowest BCUT2D eigenvalue weighted by Gasteiger charge is -2.08. The Morgan fingerprint density at radius 1 is 1.32 bits per heavy atom. The summed E-state index contributed by atoms with van der Waals surface area (Å²) in [5, 5.41) is 17.9. The molecule has 0 saturated carbocycles. The van der Waals surface area contributed by atoms with Gasteiger partial charge in [-0.15, -0.1) is 10.2 Å². The van der Waals surface area contributed by atoms with Crippen LogP contribution in [0.4, 0.5) is 10.5 Å². The van der Waals surface area contributed by atoms with Gasteiger partial charge in [0.15, 0.2) is 0 Å².